The van der Waals surface area contributed by atoms with E-state index in [0.717, 1.165) is 0 Å². The van der Waals surface area contributed by atoms with Crippen molar-refractivity contribution in [3.05, 3.63) is 42.0 Å². The van der Waals surface area contributed by atoms with Gasteiger partial charge in [-0.2, -0.15) is 12.8 Å². The van der Waals surface area contributed by atoms with Gasteiger partial charge in [-0.15, -0.1) is 23.2 Å². The normalized spacial score (nSPS) is 25.6. The van der Waals surface area contributed by atoms with Crippen molar-refractivity contribution in [2.24, 2.45) is 4.40 Å². The van der Waals surface area contributed by atoms with Crippen molar-refractivity contribution < 1.29 is 13.2 Å². The average Bonchev–Trinajstić information content (AvgIpc) is 2.42. The summed E-state index contributed by atoms with van der Waals surface area (Å²) in [7, 11) is -3.87. The van der Waals surface area contributed by atoms with Crippen LogP contribution in [0, 0.1) is 0 Å². The molecule has 7 heteroatoms. The second-order valence-corrected chi connectivity index (χ2v) is 6.84. The summed E-state index contributed by atoms with van der Waals surface area (Å²) in [5, 5.41) is -1.97. The standard InChI is InChI=1S/C13H11Cl2NO3S/c1-8-7-10(17)11(14)12(15)13(8)16-20(18,19)9-5-3-2-4-6-9/h2-7,11-12H,1H3/b16-13+. The minimum absolute atomic E-state index is 0.0622. The van der Waals surface area contributed by atoms with Gasteiger partial charge in [-0.05, 0) is 30.7 Å². The Balaban J connectivity index is 2.50. The number of allylic oxidation sites excluding steroid dienone is 2. The molecule has 2 atom stereocenters. The van der Waals surface area contributed by atoms with Crippen LogP contribution in [0.3, 0.4) is 0 Å². The van der Waals surface area contributed by atoms with Gasteiger partial charge < -0.3 is 0 Å². The van der Waals surface area contributed by atoms with Gasteiger partial charge in [0.05, 0.1) is 10.6 Å². The lowest BCUT2D eigenvalue weighted by molar-refractivity contribution is -0.114. The zero-order chi connectivity index (χ0) is 14.9. The maximum Gasteiger partial charge on any atom is 0.282 e. The number of ketones is 1. The summed E-state index contributed by atoms with van der Waals surface area (Å²) in [6.07, 6.45) is 1.26. The van der Waals surface area contributed by atoms with E-state index in [0.29, 0.717) is 5.57 Å². The molecule has 20 heavy (non-hydrogen) atoms. The second kappa shape index (κ2) is 5.68. The Morgan fingerprint density at radius 1 is 1.10 bits per heavy atom. The SMILES string of the molecule is CC1=CC(=O)C(Cl)C(Cl)/C1=N/S(=O)(=O)c1ccccc1. The van der Waals surface area contributed by atoms with Gasteiger partial charge in [0.1, 0.15) is 10.8 Å². The number of nitrogens with zero attached hydrogens (tertiary/aromatic N) is 1. The predicted octanol–water partition coefficient (Wildman–Crippen LogP) is 2.56. The van der Waals surface area contributed by atoms with Crippen molar-refractivity contribution in [2.75, 3.05) is 0 Å². The smallest absolute Gasteiger partial charge is 0.282 e. The van der Waals surface area contributed by atoms with E-state index in [1.165, 1.54) is 18.2 Å². The van der Waals surface area contributed by atoms with Gasteiger partial charge in [-0.3, -0.25) is 4.79 Å². The Morgan fingerprint density at radius 2 is 1.70 bits per heavy atom. The van der Waals surface area contributed by atoms with Crippen molar-refractivity contribution in [1.82, 2.24) is 0 Å². The van der Waals surface area contributed by atoms with Gasteiger partial charge in [-0.1, -0.05) is 18.2 Å². The van der Waals surface area contributed by atoms with E-state index >= 15 is 0 Å². The van der Waals surface area contributed by atoms with E-state index < -0.39 is 20.8 Å². The fourth-order valence-corrected chi connectivity index (χ4v) is 3.47. The van der Waals surface area contributed by atoms with Crippen LogP contribution in [0.25, 0.3) is 0 Å². The first-order chi connectivity index (χ1) is 9.33. The van der Waals surface area contributed by atoms with Crippen LogP contribution in [0.1, 0.15) is 6.92 Å². The summed E-state index contributed by atoms with van der Waals surface area (Å²) in [5.74, 6) is -0.347. The molecule has 0 amide bonds. The molecule has 0 bridgehead atoms. The van der Waals surface area contributed by atoms with Crippen molar-refractivity contribution in [3.8, 4) is 0 Å². The molecule has 106 valence electrons. The Bertz CT molecular complexity index is 696. The lowest BCUT2D eigenvalue weighted by Gasteiger charge is -2.21. The summed E-state index contributed by atoms with van der Waals surface area (Å²) >= 11 is 11.9. The molecule has 2 rings (SSSR count). The summed E-state index contributed by atoms with van der Waals surface area (Å²) in [6, 6.07) is 7.78. The lowest BCUT2D eigenvalue weighted by atomic mass is 9.97. The van der Waals surface area contributed by atoms with Gasteiger partial charge in [0, 0.05) is 0 Å². The Morgan fingerprint density at radius 3 is 2.30 bits per heavy atom. The minimum atomic E-state index is -3.87. The zero-order valence-electron chi connectivity index (χ0n) is 10.5. The first kappa shape index (κ1) is 15.2. The van der Waals surface area contributed by atoms with Gasteiger partial charge in [0.15, 0.2) is 5.78 Å². The highest BCUT2D eigenvalue weighted by Crippen LogP contribution is 2.25. The second-order valence-electron chi connectivity index (χ2n) is 4.30. The monoisotopic (exact) mass is 331 g/mol. The first-order valence-electron chi connectivity index (χ1n) is 5.73. The fraction of sp³-hybridized carbons (Fsp3) is 0.231. The summed E-state index contributed by atoms with van der Waals surface area (Å²) in [5.41, 5.74) is 0.515. The Hall–Kier alpha value is -1.17. The molecule has 0 heterocycles. The number of benzene rings is 1. The summed E-state index contributed by atoms with van der Waals surface area (Å²) in [6.45, 7) is 1.58. The highest BCUT2D eigenvalue weighted by molar-refractivity contribution is 7.90. The van der Waals surface area contributed by atoms with Gasteiger partial charge >= 0.3 is 0 Å². The van der Waals surface area contributed by atoms with Crippen LogP contribution >= 0.6 is 23.2 Å². The number of carbonyl (C=O) groups excluding carboxylic acids is 1. The van der Waals surface area contributed by atoms with E-state index in [9.17, 15) is 13.2 Å². The predicted molar refractivity (Wildman–Crippen MR) is 79.1 cm³/mol. The lowest BCUT2D eigenvalue weighted by Crippen LogP contribution is -2.36. The van der Waals surface area contributed by atoms with Crippen molar-refractivity contribution >= 4 is 44.7 Å². The van der Waals surface area contributed by atoms with Crippen LogP contribution in [-0.4, -0.2) is 30.7 Å². The van der Waals surface area contributed by atoms with Crippen LogP contribution in [-0.2, 0) is 14.8 Å². The molecule has 0 N–H and O–H groups in total. The molecule has 1 aromatic rings. The Labute approximate surface area is 127 Å². The largest absolute Gasteiger partial charge is 0.293 e. The third kappa shape index (κ3) is 2.95. The number of carbonyl (C=O) groups is 1. The van der Waals surface area contributed by atoms with E-state index in [1.54, 1.807) is 25.1 Å². The molecule has 1 aliphatic rings. The highest BCUT2D eigenvalue weighted by Gasteiger charge is 2.34. The number of halogens is 2. The minimum Gasteiger partial charge on any atom is -0.293 e. The number of hydrogen-bond donors (Lipinski definition) is 0. The maximum absolute atomic E-state index is 12.2. The van der Waals surface area contributed by atoms with Crippen molar-refractivity contribution in [3.63, 3.8) is 0 Å². The van der Waals surface area contributed by atoms with Gasteiger partial charge in [-0.25, -0.2) is 0 Å². The maximum atomic E-state index is 12.2. The third-order valence-corrected chi connectivity index (χ3v) is 5.17. The number of sulfonamides is 1. The molecule has 4 nitrogen and oxygen atoms in total. The van der Waals surface area contributed by atoms with Crippen LogP contribution in [0.2, 0.25) is 0 Å². The summed E-state index contributed by atoms with van der Waals surface area (Å²) < 4.78 is 28.1. The molecule has 0 aliphatic heterocycles. The zero-order valence-corrected chi connectivity index (χ0v) is 12.8. The Kier molecular flexibility index (Phi) is 4.32. The summed E-state index contributed by atoms with van der Waals surface area (Å²) in [4.78, 5) is 11.6. The number of alkyl halides is 2. The van der Waals surface area contributed by atoms with Crippen LogP contribution in [0.5, 0.6) is 0 Å². The fourth-order valence-electron chi connectivity index (χ4n) is 1.76. The van der Waals surface area contributed by atoms with Crippen LogP contribution in [0.15, 0.2) is 51.3 Å². The van der Waals surface area contributed by atoms with E-state index in [-0.39, 0.29) is 16.4 Å². The molecule has 0 saturated carbocycles. The highest BCUT2D eigenvalue weighted by atomic mass is 35.5. The van der Waals surface area contributed by atoms with Gasteiger partial charge in [0.25, 0.3) is 10.0 Å². The quantitative estimate of drug-likeness (QED) is 0.782. The van der Waals surface area contributed by atoms with E-state index in [4.69, 9.17) is 23.2 Å². The molecule has 0 spiro atoms. The van der Waals surface area contributed by atoms with Crippen LogP contribution in [0.4, 0.5) is 0 Å². The molecule has 1 aromatic carbocycles. The first-order valence-corrected chi connectivity index (χ1v) is 8.05. The van der Waals surface area contributed by atoms with E-state index in [2.05, 4.69) is 4.40 Å². The molecular weight excluding hydrogens is 321 g/mol. The molecule has 0 radical (unpaired) electrons. The van der Waals surface area contributed by atoms with Crippen LogP contribution < -0.4 is 0 Å². The number of hydrogen-bond acceptors (Lipinski definition) is 3. The molecule has 0 aromatic heterocycles. The molecule has 0 saturated heterocycles. The molecule has 2 unspecified atom stereocenters. The van der Waals surface area contributed by atoms with E-state index in [1.807, 2.05) is 0 Å². The average molecular weight is 332 g/mol. The number of rotatable bonds is 2. The van der Waals surface area contributed by atoms with Gasteiger partial charge in [0.2, 0.25) is 0 Å². The topological polar surface area (TPSA) is 63.6 Å². The molecule has 1 aliphatic carbocycles. The van der Waals surface area contributed by atoms with Crippen molar-refractivity contribution in [2.45, 2.75) is 22.6 Å². The third-order valence-electron chi connectivity index (χ3n) is 2.81. The molecule has 0 fully saturated rings. The van der Waals surface area contributed by atoms with Crippen molar-refractivity contribution in [1.29, 1.82) is 0 Å². The molecular formula is C13H11Cl2NO3S.